The molecule has 0 atom stereocenters. The Kier molecular flexibility index (Phi) is 6.42. The molecule has 1 saturated heterocycles. The number of fused-ring (bicyclic) bond motifs is 1. The van der Waals surface area contributed by atoms with Crippen LogP contribution in [0.3, 0.4) is 0 Å². The normalized spacial score (nSPS) is 14.6. The third-order valence-electron chi connectivity index (χ3n) is 4.95. The van der Waals surface area contributed by atoms with Gasteiger partial charge in [-0.15, -0.1) is 0 Å². The van der Waals surface area contributed by atoms with E-state index < -0.39 is 16.6 Å². The van der Waals surface area contributed by atoms with Crippen LogP contribution < -0.4 is 4.90 Å². The number of carbonyl (C=O) groups excluding carboxylic acids is 1. The zero-order valence-corrected chi connectivity index (χ0v) is 17.9. The number of halogens is 2. The van der Waals surface area contributed by atoms with E-state index in [0.29, 0.717) is 41.7 Å². The van der Waals surface area contributed by atoms with E-state index in [0.717, 1.165) is 13.1 Å². The topological polar surface area (TPSA) is 88.8 Å². The lowest BCUT2D eigenvalue weighted by Gasteiger charge is -2.29. The molecule has 1 amide bonds. The Morgan fingerprint density at radius 2 is 2.06 bits per heavy atom. The van der Waals surface area contributed by atoms with E-state index in [1.165, 1.54) is 46.6 Å². The summed E-state index contributed by atoms with van der Waals surface area (Å²) in [6, 6.07) is 7.97. The molecule has 11 heteroatoms. The number of anilines is 1. The molecule has 1 fully saturated rings. The number of morpholine rings is 1. The number of aromatic nitrogens is 1. The number of nitro groups is 1. The fourth-order valence-corrected chi connectivity index (χ4v) is 4.50. The van der Waals surface area contributed by atoms with Crippen LogP contribution in [0.2, 0.25) is 5.02 Å². The van der Waals surface area contributed by atoms with Gasteiger partial charge in [-0.05, 0) is 24.3 Å². The summed E-state index contributed by atoms with van der Waals surface area (Å²) >= 11 is 7.39. The van der Waals surface area contributed by atoms with Crippen LogP contribution >= 0.6 is 22.9 Å². The molecule has 8 nitrogen and oxygen atoms in total. The van der Waals surface area contributed by atoms with Crippen molar-refractivity contribution in [2.24, 2.45) is 0 Å². The Labute approximate surface area is 185 Å². The molecule has 1 aliphatic heterocycles. The van der Waals surface area contributed by atoms with Gasteiger partial charge in [-0.25, -0.2) is 9.37 Å². The van der Waals surface area contributed by atoms with Gasteiger partial charge in [0.15, 0.2) is 5.13 Å². The van der Waals surface area contributed by atoms with Gasteiger partial charge < -0.3 is 4.74 Å². The summed E-state index contributed by atoms with van der Waals surface area (Å²) in [5.74, 6) is -0.892. The van der Waals surface area contributed by atoms with Crippen molar-refractivity contribution in [2.75, 3.05) is 44.3 Å². The second-order valence-corrected chi connectivity index (χ2v) is 8.36. The van der Waals surface area contributed by atoms with Gasteiger partial charge in [0.1, 0.15) is 5.82 Å². The van der Waals surface area contributed by atoms with Crippen LogP contribution in [0.25, 0.3) is 10.2 Å². The largest absolute Gasteiger partial charge is 0.379 e. The molecule has 0 saturated carbocycles. The molecule has 31 heavy (non-hydrogen) atoms. The summed E-state index contributed by atoms with van der Waals surface area (Å²) in [6.07, 6.45) is 0. The number of hydrogen-bond donors (Lipinski definition) is 0. The van der Waals surface area contributed by atoms with Gasteiger partial charge in [0, 0.05) is 38.3 Å². The highest BCUT2D eigenvalue weighted by Crippen LogP contribution is 2.32. The lowest BCUT2D eigenvalue weighted by atomic mass is 10.1. The second-order valence-electron chi connectivity index (χ2n) is 6.94. The van der Waals surface area contributed by atoms with Gasteiger partial charge >= 0.3 is 0 Å². The van der Waals surface area contributed by atoms with Crippen LogP contribution in [0, 0.1) is 15.9 Å². The third-order valence-corrected chi connectivity index (χ3v) is 6.32. The first-order valence-corrected chi connectivity index (χ1v) is 10.7. The second kappa shape index (κ2) is 9.23. The summed E-state index contributed by atoms with van der Waals surface area (Å²) in [5, 5.41) is 11.7. The number of nitrogens with zero attached hydrogens (tertiary/aromatic N) is 4. The average molecular weight is 465 g/mol. The molecule has 1 aromatic heterocycles. The zero-order valence-electron chi connectivity index (χ0n) is 16.3. The number of carbonyl (C=O) groups is 1. The number of nitro benzene ring substituents is 1. The van der Waals surface area contributed by atoms with Gasteiger partial charge in [0.05, 0.1) is 38.9 Å². The Bertz CT molecular complexity index is 1140. The minimum atomic E-state index is -0.578. The van der Waals surface area contributed by atoms with Crippen molar-refractivity contribution in [1.82, 2.24) is 9.88 Å². The number of benzene rings is 2. The lowest BCUT2D eigenvalue weighted by Crippen LogP contribution is -2.43. The quantitative estimate of drug-likeness (QED) is 0.405. The summed E-state index contributed by atoms with van der Waals surface area (Å²) in [4.78, 5) is 32.1. The van der Waals surface area contributed by atoms with E-state index >= 15 is 0 Å². The maximum atomic E-state index is 13.6. The first-order chi connectivity index (χ1) is 14.9. The SMILES string of the molecule is O=C(c1cc([N+](=O)[O-])ccc1Cl)N(CCN1CCOCC1)c1nc2ccc(F)cc2s1. The van der Waals surface area contributed by atoms with Crippen LogP contribution in [-0.4, -0.2) is 60.1 Å². The van der Waals surface area contributed by atoms with Crippen LogP contribution in [0.15, 0.2) is 36.4 Å². The molecule has 3 aromatic rings. The molecule has 0 unspecified atom stereocenters. The Hall–Kier alpha value is -2.66. The smallest absolute Gasteiger partial charge is 0.270 e. The minimum absolute atomic E-state index is 0.0169. The van der Waals surface area contributed by atoms with Crippen molar-refractivity contribution < 1.29 is 18.8 Å². The predicted octanol–water partition coefficient (Wildman–Crippen LogP) is 3.98. The Morgan fingerprint density at radius 1 is 1.29 bits per heavy atom. The van der Waals surface area contributed by atoms with E-state index in [1.807, 2.05) is 0 Å². The molecule has 2 heterocycles. The Balaban J connectivity index is 1.69. The van der Waals surface area contributed by atoms with Crippen LogP contribution in [-0.2, 0) is 4.74 Å². The van der Waals surface area contributed by atoms with Crippen LogP contribution in [0.5, 0.6) is 0 Å². The Morgan fingerprint density at radius 3 is 2.81 bits per heavy atom. The summed E-state index contributed by atoms with van der Waals surface area (Å²) in [5.41, 5.74) is 0.353. The van der Waals surface area contributed by atoms with Gasteiger partial charge in [0.2, 0.25) is 0 Å². The molecule has 0 spiro atoms. The minimum Gasteiger partial charge on any atom is -0.379 e. The predicted molar refractivity (Wildman–Crippen MR) is 117 cm³/mol. The van der Waals surface area contributed by atoms with Crippen molar-refractivity contribution in [1.29, 1.82) is 0 Å². The molecule has 4 rings (SSSR count). The van der Waals surface area contributed by atoms with E-state index in [2.05, 4.69) is 9.88 Å². The van der Waals surface area contributed by atoms with E-state index in [9.17, 15) is 19.3 Å². The maximum absolute atomic E-state index is 13.6. The number of rotatable bonds is 6. The molecule has 0 radical (unpaired) electrons. The van der Waals surface area contributed by atoms with Gasteiger partial charge in [-0.2, -0.15) is 0 Å². The van der Waals surface area contributed by atoms with Gasteiger partial charge in [-0.1, -0.05) is 22.9 Å². The average Bonchev–Trinajstić information content (AvgIpc) is 3.17. The summed E-state index contributed by atoms with van der Waals surface area (Å²) in [7, 11) is 0. The summed E-state index contributed by atoms with van der Waals surface area (Å²) in [6.45, 7) is 3.57. The van der Waals surface area contributed by atoms with Crippen molar-refractivity contribution in [3.8, 4) is 0 Å². The first-order valence-electron chi connectivity index (χ1n) is 9.54. The molecule has 162 valence electrons. The number of ether oxygens (including phenoxy) is 1. The molecule has 2 aromatic carbocycles. The number of thiazole rings is 1. The monoisotopic (exact) mass is 464 g/mol. The molecular formula is C20H18ClFN4O4S. The molecule has 1 aliphatic rings. The fourth-order valence-electron chi connectivity index (χ4n) is 3.29. The maximum Gasteiger partial charge on any atom is 0.270 e. The van der Waals surface area contributed by atoms with E-state index in [-0.39, 0.29) is 16.3 Å². The highest BCUT2D eigenvalue weighted by molar-refractivity contribution is 7.22. The standard InChI is InChI=1S/C20H18ClFN4O4S/c21-16-3-2-14(26(28)29)12-15(16)19(27)25(6-5-24-7-9-30-10-8-24)20-23-17-4-1-13(22)11-18(17)31-20/h1-4,11-12H,5-10H2. The first kappa shape index (κ1) is 21.6. The van der Waals surface area contributed by atoms with Crippen LogP contribution in [0.1, 0.15) is 10.4 Å². The lowest BCUT2D eigenvalue weighted by molar-refractivity contribution is -0.384. The highest BCUT2D eigenvalue weighted by atomic mass is 35.5. The number of hydrogen-bond acceptors (Lipinski definition) is 7. The van der Waals surface area contributed by atoms with Crippen molar-refractivity contribution in [2.45, 2.75) is 0 Å². The van der Waals surface area contributed by atoms with E-state index in [1.54, 1.807) is 6.07 Å². The molecule has 0 N–H and O–H groups in total. The van der Waals surface area contributed by atoms with Crippen molar-refractivity contribution >= 4 is 49.9 Å². The molecule has 0 aliphatic carbocycles. The van der Waals surface area contributed by atoms with Gasteiger partial charge in [0.25, 0.3) is 11.6 Å². The van der Waals surface area contributed by atoms with E-state index in [4.69, 9.17) is 16.3 Å². The molecule has 0 bridgehead atoms. The fraction of sp³-hybridized carbons (Fsp3) is 0.300. The van der Waals surface area contributed by atoms with Gasteiger partial charge in [-0.3, -0.25) is 24.7 Å². The highest BCUT2D eigenvalue weighted by Gasteiger charge is 2.26. The number of amides is 1. The molecular weight excluding hydrogens is 447 g/mol. The number of non-ortho nitro benzene ring substituents is 1. The zero-order chi connectivity index (χ0) is 22.0. The third kappa shape index (κ3) is 4.82. The van der Waals surface area contributed by atoms with Crippen LogP contribution in [0.4, 0.5) is 15.2 Å². The summed E-state index contributed by atoms with van der Waals surface area (Å²) < 4.78 is 19.6. The van der Waals surface area contributed by atoms with Crippen molar-refractivity contribution in [3.63, 3.8) is 0 Å². The van der Waals surface area contributed by atoms with Crippen molar-refractivity contribution in [3.05, 3.63) is 62.9 Å².